The van der Waals surface area contributed by atoms with E-state index in [1.165, 1.54) is 26.2 Å². The molecule has 0 aliphatic carbocycles. The third kappa shape index (κ3) is 14.6. The normalized spacial score (nSPS) is 12.6. The molecule has 0 radical (unpaired) electrons. The van der Waals surface area contributed by atoms with E-state index in [2.05, 4.69) is 11.1 Å². The van der Waals surface area contributed by atoms with E-state index in [4.69, 9.17) is 9.29 Å². The number of esters is 1. The van der Waals surface area contributed by atoms with Gasteiger partial charge in [0.15, 0.2) is 6.10 Å². The molecule has 0 amide bonds. The second kappa shape index (κ2) is 12.1. The van der Waals surface area contributed by atoms with Crippen molar-refractivity contribution in [2.45, 2.75) is 58.5 Å². The zero-order valence-corrected chi connectivity index (χ0v) is 14.7. The molecule has 0 heterocycles. The van der Waals surface area contributed by atoms with Crippen molar-refractivity contribution in [3.05, 3.63) is 0 Å². The fourth-order valence-corrected chi connectivity index (χ4v) is 1.84. The van der Waals surface area contributed by atoms with Crippen LogP contribution in [0.15, 0.2) is 0 Å². The van der Waals surface area contributed by atoms with Crippen molar-refractivity contribution >= 4 is 16.4 Å². The van der Waals surface area contributed by atoms with Crippen molar-refractivity contribution < 1.29 is 57.7 Å². The van der Waals surface area contributed by atoms with Crippen molar-refractivity contribution in [3.8, 4) is 0 Å². The van der Waals surface area contributed by atoms with Crippen LogP contribution in [0.1, 0.15) is 53.8 Å². The van der Waals surface area contributed by atoms with Gasteiger partial charge in [0.1, 0.15) is 0 Å². The summed E-state index contributed by atoms with van der Waals surface area (Å²) >= 11 is 0. The molecule has 0 aromatic heterocycles. The Hall–Kier alpha value is 0.340. The quantitative estimate of drug-likeness (QED) is 0.246. The van der Waals surface area contributed by atoms with Gasteiger partial charge in [0.25, 0.3) is 0 Å². The van der Waals surface area contributed by atoms with E-state index in [1.54, 1.807) is 0 Å². The zero-order valence-electron chi connectivity index (χ0n) is 12.9. The minimum Gasteiger partial charge on any atom is -1.00 e. The second-order valence-electron chi connectivity index (χ2n) is 4.10. The maximum absolute atomic E-state index is 11.2. The van der Waals surface area contributed by atoms with Crippen molar-refractivity contribution in [3.63, 3.8) is 0 Å². The summed E-state index contributed by atoms with van der Waals surface area (Å²) in [4.78, 5) is 11.2. The Morgan fingerprint density at radius 3 is 2.26 bits per heavy atom. The van der Waals surface area contributed by atoms with Crippen LogP contribution in [0.4, 0.5) is 0 Å². The molecule has 110 valence electrons. The van der Waals surface area contributed by atoms with Gasteiger partial charge in [0.2, 0.25) is 0 Å². The molecule has 8 heteroatoms. The molecule has 1 unspecified atom stereocenters. The summed E-state index contributed by atoms with van der Waals surface area (Å²) in [6, 6.07) is 0. The van der Waals surface area contributed by atoms with Crippen LogP contribution in [-0.2, 0) is 24.1 Å². The molecular weight excluding hydrogens is 283 g/mol. The summed E-state index contributed by atoms with van der Waals surface area (Å²) in [5.74, 6) is -0.791. The van der Waals surface area contributed by atoms with Crippen molar-refractivity contribution in [1.82, 2.24) is 0 Å². The summed E-state index contributed by atoms with van der Waals surface area (Å²) in [6.07, 6.45) is 5.06. The van der Waals surface area contributed by atoms with Gasteiger partial charge in [-0.25, -0.2) is 8.98 Å². The molecule has 0 fully saturated rings. The monoisotopic (exact) mass is 306 g/mol. The standard InChI is InChI=1S/C11H22O6S.Na.H/c1-3-4-5-6-7-8-9-16-11(12)10(2)17-18(13,14)15;;/h10H,3-9H2,1-2H3,(H,13,14,15);;/q;+1;-1. The van der Waals surface area contributed by atoms with Crippen LogP contribution in [-0.4, -0.2) is 31.7 Å². The topological polar surface area (TPSA) is 89.9 Å². The van der Waals surface area contributed by atoms with Gasteiger partial charge in [-0.15, -0.1) is 0 Å². The average molecular weight is 306 g/mol. The molecule has 0 saturated carbocycles. The number of hydrogen-bond acceptors (Lipinski definition) is 5. The van der Waals surface area contributed by atoms with E-state index >= 15 is 0 Å². The SMILES string of the molecule is CCCCCCCCOC(=O)C(C)OS(=O)(=O)O.[H-].[Na+]. The van der Waals surface area contributed by atoms with Gasteiger partial charge in [-0.2, -0.15) is 8.42 Å². The molecule has 1 atom stereocenters. The second-order valence-corrected chi connectivity index (χ2v) is 5.15. The van der Waals surface area contributed by atoms with E-state index < -0.39 is 22.5 Å². The maximum atomic E-state index is 11.2. The molecule has 0 bridgehead atoms. The summed E-state index contributed by atoms with van der Waals surface area (Å²) in [6.45, 7) is 3.58. The predicted octanol–water partition coefficient (Wildman–Crippen LogP) is -0.785. The summed E-state index contributed by atoms with van der Waals surface area (Å²) in [5.41, 5.74) is 0. The van der Waals surface area contributed by atoms with Crippen molar-refractivity contribution in [1.29, 1.82) is 0 Å². The summed E-state index contributed by atoms with van der Waals surface area (Å²) < 4.78 is 37.9. The zero-order chi connectivity index (χ0) is 14.0. The maximum Gasteiger partial charge on any atom is 1.00 e. The first-order valence-corrected chi connectivity index (χ1v) is 7.55. The van der Waals surface area contributed by atoms with E-state index in [9.17, 15) is 13.2 Å². The van der Waals surface area contributed by atoms with Gasteiger partial charge < -0.3 is 6.16 Å². The van der Waals surface area contributed by atoms with Crippen LogP contribution >= 0.6 is 0 Å². The minimum absolute atomic E-state index is 0. The number of ether oxygens (including phenoxy) is 1. The molecule has 1 N–H and O–H groups in total. The Morgan fingerprint density at radius 1 is 1.21 bits per heavy atom. The molecule has 0 aromatic carbocycles. The van der Waals surface area contributed by atoms with E-state index in [1.807, 2.05) is 0 Å². The Labute approximate surface area is 139 Å². The third-order valence-electron chi connectivity index (χ3n) is 2.34. The Balaban J connectivity index is -0.00000144. The van der Waals surface area contributed by atoms with Crippen LogP contribution in [0.25, 0.3) is 0 Å². The van der Waals surface area contributed by atoms with Gasteiger partial charge in [-0.1, -0.05) is 39.0 Å². The van der Waals surface area contributed by atoms with Gasteiger partial charge in [0, 0.05) is 0 Å². The molecule has 19 heavy (non-hydrogen) atoms. The van der Waals surface area contributed by atoms with Gasteiger partial charge in [-0.3, -0.25) is 4.55 Å². The van der Waals surface area contributed by atoms with Crippen LogP contribution in [0.3, 0.4) is 0 Å². The molecule has 0 rings (SSSR count). The van der Waals surface area contributed by atoms with Crippen LogP contribution in [0.2, 0.25) is 0 Å². The largest absolute Gasteiger partial charge is 1.00 e. The van der Waals surface area contributed by atoms with Gasteiger partial charge in [-0.05, 0) is 13.3 Å². The molecule has 0 saturated heterocycles. The fourth-order valence-electron chi connectivity index (χ4n) is 1.39. The minimum atomic E-state index is -4.61. The molecule has 0 spiro atoms. The van der Waals surface area contributed by atoms with E-state index in [-0.39, 0.29) is 37.6 Å². The number of rotatable bonds is 10. The average Bonchev–Trinajstić information content (AvgIpc) is 2.25. The van der Waals surface area contributed by atoms with Crippen LogP contribution in [0, 0.1) is 0 Å². The number of unbranched alkanes of at least 4 members (excludes halogenated alkanes) is 5. The summed E-state index contributed by atoms with van der Waals surface area (Å²) in [7, 11) is -4.61. The van der Waals surface area contributed by atoms with E-state index in [0.717, 1.165) is 19.3 Å². The molecule has 6 nitrogen and oxygen atoms in total. The molecule has 0 aromatic rings. The van der Waals surface area contributed by atoms with Crippen LogP contribution in [0.5, 0.6) is 0 Å². The van der Waals surface area contributed by atoms with E-state index in [0.29, 0.717) is 0 Å². The van der Waals surface area contributed by atoms with Gasteiger partial charge >= 0.3 is 45.9 Å². The Morgan fingerprint density at radius 2 is 1.74 bits per heavy atom. The smallest absolute Gasteiger partial charge is 1.00 e. The number of hydrogen-bond donors (Lipinski definition) is 1. The molecular formula is C11H23NaO6S. The number of carbonyl (C=O) groups is 1. The fraction of sp³-hybridized carbons (Fsp3) is 0.909. The third-order valence-corrected chi connectivity index (χ3v) is 2.87. The predicted molar refractivity (Wildman–Crippen MR) is 67.5 cm³/mol. The summed E-state index contributed by atoms with van der Waals surface area (Å²) in [5, 5.41) is 0. The van der Waals surface area contributed by atoms with Gasteiger partial charge in [0.05, 0.1) is 6.61 Å². The number of carbonyl (C=O) groups excluding carboxylic acids is 1. The molecule has 0 aliphatic rings. The van der Waals surface area contributed by atoms with Crippen molar-refractivity contribution in [2.75, 3.05) is 6.61 Å². The first-order chi connectivity index (χ1) is 8.37. The Kier molecular flexibility index (Phi) is 13.8. The Bertz CT molecular complexity index is 336. The van der Waals surface area contributed by atoms with Crippen molar-refractivity contribution in [2.24, 2.45) is 0 Å². The first-order valence-electron chi connectivity index (χ1n) is 6.19. The van der Waals surface area contributed by atoms with Crippen LogP contribution < -0.4 is 29.6 Å². The first kappa shape index (κ1) is 21.6. The molecule has 0 aliphatic heterocycles.